The van der Waals surface area contributed by atoms with E-state index in [1.807, 2.05) is 44.2 Å². The molecule has 4 heteroatoms. The number of amides is 1. The van der Waals surface area contributed by atoms with Crippen LogP contribution in [0.25, 0.3) is 6.08 Å². The zero-order chi connectivity index (χ0) is 17.5. The van der Waals surface area contributed by atoms with Crippen molar-refractivity contribution in [1.29, 1.82) is 0 Å². The van der Waals surface area contributed by atoms with E-state index < -0.39 is 6.09 Å². The summed E-state index contributed by atoms with van der Waals surface area (Å²) in [4.78, 5) is 11.7. The number of ether oxygens (including phenoxy) is 2. The Balaban J connectivity index is 2.18. The Morgan fingerprint density at radius 1 is 1.21 bits per heavy atom. The second kappa shape index (κ2) is 8.20. The maximum absolute atomic E-state index is 11.7. The van der Waals surface area contributed by atoms with E-state index in [0.29, 0.717) is 18.9 Å². The molecule has 126 valence electrons. The molecule has 4 nitrogen and oxygen atoms in total. The lowest BCUT2D eigenvalue weighted by Gasteiger charge is -2.14. The number of benzene rings is 2. The van der Waals surface area contributed by atoms with Gasteiger partial charge in [-0.05, 0) is 44.0 Å². The summed E-state index contributed by atoms with van der Waals surface area (Å²) in [6, 6.07) is 11.8. The average Bonchev–Trinajstić information content (AvgIpc) is 2.55. The molecule has 0 unspecified atom stereocenters. The second-order valence-electron chi connectivity index (χ2n) is 5.52. The first-order valence-corrected chi connectivity index (χ1v) is 7.92. The molecule has 0 radical (unpaired) electrons. The summed E-state index contributed by atoms with van der Waals surface area (Å²) >= 11 is 0. The van der Waals surface area contributed by atoms with Gasteiger partial charge in [-0.15, -0.1) is 0 Å². The average molecular weight is 325 g/mol. The van der Waals surface area contributed by atoms with Crippen LogP contribution in [0.4, 0.5) is 10.5 Å². The van der Waals surface area contributed by atoms with Crippen molar-refractivity contribution >= 4 is 17.9 Å². The Hall–Kier alpha value is -2.75. The molecule has 1 N–H and O–H groups in total. The molecule has 2 aromatic rings. The van der Waals surface area contributed by atoms with Crippen molar-refractivity contribution in [3.05, 3.63) is 65.2 Å². The Morgan fingerprint density at radius 3 is 2.67 bits per heavy atom. The topological polar surface area (TPSA) is 47.6 Å². The number of aryl methyl sites for hydroxylation is 2. The minimum atomic E-state index is -0.480. The summed E-state index contributed by atoms with van der Waals surface area (Å²) in [5.74, 6) is 0.829. The van der Waals surface area contributed by atoms with Gasteiger partial charge in [0.15, 0.2) is 0 Å². The van der Waals surface area contributed by atoms with Gasteiger partial charge in [-0.2, -0.15) is 0 Å². The minimum absolute atomic E-state index is 0.321. The van der Waals surface area contributed by atoms with E-state index in [2.05, 4.69) is 18.0 Å². The van der Waals surface area contributed by atoms with Gasteiger partial charge < -0.3 is 9.47 Å². The number of anilines is 1. The first-order valence-electron chi connectivity index (χ1n) is 7.92. The van der Waals surface area contributed by atoms with Gasteiger partial charge in [-0.1, -0.05) is 42.5 Å². The fraction of sp³-hybridized carbons (Fsp3) is 0.250. The van der Waals surface area contributed by atoms with Crippen LogP contribution in [-0.4, -0.2) is 12.7 Å². The molecule has 0 atom stereocenters. The summed E-state index contributed by atoms with van der Waals surface area (Å²) in [5.41, 5.74) is 4.72. The fourth-order valence-corrected chi connectivity index (χ4v) is 2.36. The van der Waals surface area contributed by atoms with E-state index in [4.69, 9.17) is 9.47 Å². The molecule has 0 aliphatic carbocycles. The molecule has 0 heterocycles. The molecular formula is C20H23NO3. The van der Waals surface area contributed by atoms with Gasteiger partial charge in [0.05, 0.1) is 12.3 Å². The summed E-state index contributed by atoms with van der Waals surface area (Å²) in [6.45, 7) is 10.3. The van der Waals surface area contributed by atoms with Crippen molar-refractivity contribution in [2.24, 2.45) is 0 Å². The Kier molecular flexibility index (Phi) is 6.01. The molecular weight excluding hydrogens is 302 g/mol. The monoisotopic (exact) mass is 325 g/mol. The van der Waals surface area contributed by atoms with Gasteiger partial charge in [0.25, 0.3) is 0 Å². The third kappa shape index (κ3) is 4.62. The maximum atomic E-state index is 11.7. The van der Waals surface area contributed by atoms with Gasteiger partial charge in [-0.3, -0.25) is 5.32 Å². The number of rotatable bonds is 6. The van der Waals surface area contributed by atoms with Crippen molar-refractivity contribution in [2.75, 3.05) is 11.9 Å². The van der Waals surface area contributed by atoms with E-state index in [9.17, 15) is 4.79 Å². The van der Waals surface area contributed by atoms with Crippen LogP contribution in [0.1, 0.15) is 29.2 Å². The Morgan fingerprint density at radius 2 is 2.00 bits per heavy atom. The highest BCUT2D eigenvalue weighted by molar-refractivity contribution is 5.86. The zero-order valence-electron chi connectivity index (χ0n) is 14.4. The van der Waals surface area contributed by atoms with Crippen molar-refractivity contribution in [3.63, 3.8) is 0 Å². The molecule has 0 spiro atoms. The van der Waals surface area contributed by atoms with Crippen LogP contribution in [-0.2, 0) is 11.3 Å². The third-order valence-electron chi connectivity index (χ3n) is 3.60. The third-order valence-corrected chi connectivity index (χ3v) is 3.60. The molecule has 0 saturated carbocycles. The largest absolute Gasteiger partial charge is 0.489 e. The lowest BCUT2D eigenvalue weighted by atomic mass is 10.1. The van der Waals surface area contributed by atoms with Crippen LogP contribution < -0.4 is 10.1 Å². The summed E-state index contributed by atoms with van der Waals surface area (Å²) in [5, 5.41) is 2.76. The lowest BCUT2D eigenvalue weighted by molar-refractivity contribution is 0.168. The smallest absolute Gasteiger partial charge is 0.411 e. The van der Waals surface area contributed by atoms with Crippen molar-refractivity contribution in [3.8, 4) is 5.75 Å². The molecule has 0 aliphatic rings. The molecule has 1 amide bonds. The van der Waals surface area contributed by atoms with E-state index in [0.717, 1.165) is 22.4 Å². The van der Waals surface area contributed by atoms with E-state index in [1.54, 1.807) is 13.0 Å². The number of carbonyl (C=O) groups is 1. The van der Waals surface area contributed by atoms with Crippen LogP contribution >= 0.6 is 0 Å². The number of carbonyl (C=O) groups excluding carboxylic acids is 1. The quantitative estimate of drug-likeness (QED) is 0.804. The number of hydrogen-bond donors (Lipinski definition) is 1. The maximum Gasteiger partial charge on any atom is 0.411 e. The Labute approximate surface area is 143 Å². The van der Waals surface area contributed by atoms with E-state index in [1.165, 1.54) is 5.56 Å². The SMILES string of the molecule is C=Cc1ccc(COc2ccc(C)cc2C)c(NC(=O)OCC)c1. The van der Waals surface area contributed by atoms with Crippen LogP contribution in [0.2, 0.25) is 0 Å². The Bertz CT molecular complexity index is 738. The molecule has 0 aromatic heterocycles. The molecule has 0 saturated heterocycles. The van der Waals surface area contributed by atoms with Gasteiger partial charge in [0.2, 0.25) is 0 Å². The van der Waals surface area contributed by atoms with E-state index >= 15 is 0 Å². The van der Waals surface area contributed by atoms with Crippen LogP contribution in [0.15, 0.2) is 43.0 Å². The van der Waals surface area contributed by atoms with Crippen molar-refractivity contribution < 1.29 is 14.3 Å². The molecule has 0 aliphatic heterocycles. The van der Waals surface area contributed by atoms with Crippen LogP contribution in [0, 0.1) is 13.8 Å². The fourth-order valence-electron chi connectivity index (χ4n) is 2.36. The molecule has 24 heavy (non-hydrogen) atoms. The normalized spacial score (nSPS) is 10.1. The number of nitrogens with one attached hydrogen (secondary N) is 1. The summed E-state index contributed by atoms with van der Waals surface area (Å²) in [7, 11) is 0. The van der Waals surface area contributed by atoms with Gasteiger partial charge in [0, 0.05) is 5.56 Å². The minimum Gasteiger partial charge on any atom is -0.489 e. The van der Waals surface area contributed by atoms with Crippen LogP contribution in [0.3, 0.4) is 0 Å². The van der Waals surface area contributed by atoms with Gasteiger partial charge in [0.1, 0.15) is 12.4 Å². The molecule has 2 aromatic carbocycles. The summed E-state index contributed by atoms with van der Waals surface area (Å²) < 4.78 is 10.9. The first-order chi connectivity index (χ1) is 11.5. The second-order valence-corrected chi connectivity index (χ2v) is 5.52. The molecule has 0 bridgehead atoms. The van der Waals surface area contributed by atoms with Crippen molar-refractivity contribution in [1.82, 2.24) is 0 Å². The number of hydrogen-bond acceptors (Lipinski definition) is 3. The highest BCUT2D eigenvalue weighted by Gasteiger charge is 2.09. The molecule has 2 rings (SSSR count). The lowest BCUT2D eigenvalue weighted by Crippen LogP contribution is -2.15. The molecule has 0 fully saturated rings. The standard InChI is InChI=1S/C20H23NO3/c1-5-16-8-9-17(18(12-16)21-20(22)23-6-2)13-24-19-10-7-14(3)11-15(19)4/h5,7-12H,1,6,13H2,2-4H3,(H,21,22). The van der Waals surface area contributed by atoms with E-state index in [-0.39, 0.29) is 0 Å². The predicted octanol–water partition coefficient (Wildman–Crippen LogP) is 5.09. The van der Waals surface area contributed by atoms with Crippen molar-refractivity contribution in [2.45, 2.75) is 27.4 Å². The predicted molar refractivity (Wildman–Crippen MR) is 97.4 cm³/mol. The zero-order valence-corrected chi connectivity index (χ0v) is 14.4. The highest BCUT2D eigenvalue weighted by Crippen LogP contribution is 2.24. The van der Waals surface area contributed by atoms with Crippen LogP contribution in [0.5, 0.6) is 5.75 Å². The summed E-state index contributed by atoms with van der Waals surface area (Å²) in [6.07, 6.45) is 1.25. The first kappa shape index (κ1) is 17.6. The van der Waals surface area contributed by atoms with Gasteiger partial charge >= 0.3 is 6.09 Å². The van der Waals surface area contributed by atoms with Gasteiger partial charge in [-0.25, -0.2) is 4.79 Å². The highest BCUT2D eigenvalue weighted by atomic mass is 16.5.